The molecule has 0 unspecified atom stereocenters. The molecule has 10 heteroatoms. The van der Waals surface area contributed by atoms with Gasteiger partial charge in [-0.2, -0.15) is 4.98 Å². The van der Waals surface area contributed by atoms with Gasteiger partial charge in [0.2, 0.25) is 5.95 Å². The molecule has 5 N–H and O–H groups in total. The van der Waals surface area contributed by atoms with E-state index in [1.807, 2.05) is 40.0 Å². The number of hydrogen-bond donors (Lipinski definition) is 5. The molecule has 0 aromatic carbocycles. The Balaban J connectivity index is 1.59. The molecule has 5 rings (SSSR count). The van der Waals surface area contributed by atoms with Crippen molar-refractivity contribution in [3.63, 3.8) is 0 Å². The number of aliphatic hydroxyl groups excluding tert-OH is 3. The summed E-state index contributed by atoms with van der Waals surface area (Å²) in [6, 6.07) is 1.53. The Morgan fingerprint density at radius 2 is 1.88 bits per heavy atom. The lowest BCUT2D eigenvalue weighted by atomic mass is 10.1. The molecular weight excluding hydrogens is 452 g/mol. The van der Waals surface area contributed by atoms with Crippen LogP contribution >= 0.6 is 11.3 Å². The van der Waals surface area contributed by atoms with E-state index in [1.165, 1.54) is 0 Å². The van der Waals surface area contributed by atoms with Crippen LogP contribution < -0.4 is 10.6 Å². The van der Waals surface area contributed by atoms with Crippen molar-refractivity contribution < 1.29 is 15.3 Å². The van der Waals surface area contributed by atoms with E-state index in [0.717, 1.165) is 45.0 Å². The number of aryl methyl sites for hydroxylation is 1. The van der Waals surface area contributed by atoms with E-state index in [1.54, 1.807) is 11.3 Å². The Morgan fingerprint density at radius 3 is 2.53 bits per heavy atom. The highest BCUT2D eigenvalue weighted by molar-refractivity contribution is 7.21. The van der Waals surface area contributed by atoms with Crippen molar-refractivity contribution in [1.82, 2.24) is 19.9 Å². The minimum Gasteiger partial charge on any atom is -0.396 e. The third kappa shape index (κ3) is 4.47. The van der Waals surface area contributed by atoms with Crippen molar-refractivity contribution in [2.24, 2.45) is 5.92 Å². The van der Waals surface area contributed by atoms with Crippen molar-refractivity contribution in [2.45, 2.75) is 76.7 Å². The van der Waals surface area contributed by atoms with E-state index in [0.29, 0.717) is 24.1 Å². The lowest BCUT2D eigenvalue weighted by molar-refractivity contribution is 0.00446. The average molecular weight is 485 g/mol. The van der Waals surface area contributed by atoms with E-state index in [2.05, 4.69) is 15.6 Å². The first-order valence-corrected chi connectivity index (χ1v) is 12.6. The lowest BCUT2D eigenvalue weighted by Gasteiger charge is -2.24. The maximum atomic E-state index is 10.6. The number of pyridine rings is 1. The highest BCUT2D eigenvalue weighted by Gasteiger charge is 2.41. The van der Waals surface area contributed by atoms with Crippen LogP contribution in [0.2, 0.25) is 0 Å². The fourth-order valence-electron chi connectivity index (χ4n) is 4.59. The Kier molecular flexibility index (Phi) is 5.96. The summed E-state index contributed by atoms with van der Waals surface area (Å²) < 4.78 is 1.07. The highest BCUT2D eigenvalue weighted by atomic mass is 32.1. The Hall–Kier alpha value is -2.40. The predicted octanol–water partition coefficient (Wildman–Crippen LogP) is 3.06. The molecule has 9 nitrogen and oxygen atoms in total. The fourth-order valence-corrected chi connectivity index (χ4v) is 5.65. The van der Waals surface area contributed by atoms with Crippen LogP contribution in [0.5, 0.6) is 0 Å². The van der Waals surface area contributed by atoms with Crippen LogP contribution in [0.4, 0.5) is 11.8 Å². The normalized spacial score (nSPS) is 25.1. The van der Waals surface area contributed by atoms with Gasteiger partial charge in [-0.15, -0.1) is 11.3 Å². The number of fused-ring (bicyclic) bond motifs is 1. The predicted molar refractivity (Wildman–Crippen MR) is 133 cm³/mol. The van der Waals surface area contributed by atoms with E-state index >= 15 is 0 Å². The fraction of sp³-hybridized carbons (Fsp3) is 0.583. The van der Waals surface area contributed by atoms with Gasteiger partial charge in [0, 0.05) is 30.2 Å². The molecule has 3 aromatic rings. The van der Waals surface area contributed by atoms with Gasteiger partial charge in [-0.25, -0.2) is 9.97 Å². The molecule has 0 bridgehead atoms. The summed E-state index contributed by atoms with van der Waals surface area (Å²) in [5, 5.41) is 38.0. The first-order valence-electron chi connectivity index (χ1n) is 11.8. The molecule has 0 amide bonds. The molecule has 0 aliphatic heterocycles. The molecule has 0 saturated heterocycles. The smallest absolute Gasteiger partial charge is 0.225 e. The topological polar surface area (TPSA) is 136 Å². The summed E-state index contributed by atoms with van der Waals surface area (Å²) in [5.41, 5.74) is 3.28. The molecule has 0 radical (unpaired) electrons. The number of aromatic nitrogens is 4. The molecule has 0 spiro atoms. The summed E-state index contributed by atoms with van der Waals surface area (Å²) in [6.45, 7) is 7.86. The quantitative estimate of drug-likeness (QED) is 0.357. The van der Waals surface area contributed by atoms with Crippen molar-refractivity contribution >= 4 is 33.3 Å². The van der Waals surface area contributed by atoms with Crippen LogP contribution in [-0.2, 0) is 0 Å². The lowest BCUT2D eigenvalue weighted by Crippen LogP contribution is -2.36. The SMILES string of the molecule is Cc1nc(NC(C)(C)C)nc(N[C@@H]2C[C@H](CO)[C@@H](O)[C@H]2O)c1-c1nc2c(C3CC3)nccc2s1. The minimum absolute atomic E-state index is 0.183. The average Bonchev–Trinajstić information content (AvgIpc) is 3.46. The molecule has 3 aromatic heterocycles. The highest BCUT2D eigenvalue weighted by Crippen LogP contribution is 2.44. The van der Waals surface area contributed by atoms with Crippen LogP contribution in [0.25, 0.3) is 20.8 Å². The molecule has 2 saturated carbocycles. The van der Waals surface area contributed by atoms with Crippen LogP contribution in [0.3, 0.4) is 0 Å². The second kappa shape index (κ2) is 8.67. The van der Waals surface area contributed by atoms with Gasteiger partial charge in [0.25, 0.3) is 0 Å². The van der Waals surface area contributed by atoms with Crippen LogP contribution in [0, 0.1) is 12.8 Å². The van der Waals surface area contributed by atoms with Gasteiger partial charge in [0.05, 0.1) is 33.8 Å². The van der Waals surface area contributed by atoms with E-state index in [-0.39, 0.29) is 18.1 Å². The number of thiazole rings is 1. The van der Waals surface area contributed by atoms with Gasteiger partial charge < -0.3 is 26.0 Å². The molecular formula is C24H32N6O3S. The van der Waals surface area contributed by atoms with Crippen molar-refractivity contribution in [2.75, 3.05) is 17.2 Å². The number of nitrogens with zero attached hydrogens (tertiary/aromatic N) is 4. The van der Waals surface area contributed by atoms with Gasteiger partial charge >= 0.3 is 0 Å². The Morgan fingerprint density at radius 1 is 1.12 bits per heavy atom. The zero-order valence-electron chi connectivity index (χ0n) is 19.9. The number of anilines is 2. The van der Waals surface area contributed by atoms with Crippen LogP contribution in [0.1, 0.15) is 57.3 Å². The molecule has 4 atom stereocenters. The number of nitrogens with one attached hydrogen (secondary N) is 2. The van der Waals surface area contributed by atoms with Crippen molar-refractivity contribution in [3.05, 3.63) is 23.7 Å². The monoisotopic (exact) mass is 484 g/mol. The maximum absolute atomic E-state index is 10.6. The van der Waals surface area contributed by atoms with Gasteiger partial charge in [0.1, 0.15) is 22.4 Å². The van der Waals surface area contributed by atoms with E-state index < -0.39 is 18.2 Å². The van der Waals surface area contributed by atoms with Crippen LogP contribution in [-0.4, -0.2) is 65.7 Å². The van der Waals surface area contributed by atoms with E-state index in [4.69, 9.17) is 15.0 Å². The summed E-state index contributed by atoms with van der Waals surface area (Å²) in [5.74, 6) is 1.12. The largest absolute Gasteiger partial charge is 0.396 e. The van der Waals surface area contributed by atoms with Crippen molar-refractivity contribution in [3.8, 4) is 10.6 Å². The third-order valence-electron chi connectivity index (χ3n) is 6.45. The van der Waals surface area contributed by atoms with Crippen LogP contribution in [0.15, 0.2) is 12.3 Å². The molecule has 2 aliphatic rings. The van der Waals surface area contributed by atoms with Gasteiger partial charge in [-0.1, -0.05) is 0 Å². The van der Waals surface area contributed by atoms with Crippen molar-refractivity contribution in [1.29, 1.82) is 0 Å². The molecule has 34 heavy (non-hydrogen) atoms. The number of aliphatic hydroxyl groups is 3. The summed E-state index contributed by atoms with van der Waals surface area (Å²) in [4.78, 5) is 19.1. The summed E-state index contributed by atoms with van der Waals surface area (Å²) >= 11 is 1.58. The van der Waals surface area contributed by atoms with Gasteiger partial charge in [-0.05, 0) is 53.0 Å². The van der Waals surface area contributed by atoms with E-state index in [9.17, 15) is 15.3 Å². The number of rotatable bonds is 6. The zero-order valence-corrected chi connectivity index (χ0v) is 20.7. The standard InChI is InChI=1S/C24H32N6O3S/c1-11-16(22-28-18-15(34-22)7-8-25-17(18)12-5-6-12)21(29-23(26-11)30-24(2,3)4)27-14-9-13(10-31)19(32)20(14)33/h7-8,12-14,19-20,31-33H,5-6,9-10H2,1-4H3,(H2,26,27,29,30)/t13-,14-,19-,20+/m1/s1. The molecule has 2 aliphatic carbocycles. The molecule has 182 valence electrons. The molecule has 2 fully saturated rings. The Bertz CT molecular complexity index is 1210. The zero-order chi connectivity index (χ0) is 24.2. The van der Waals surface area contributed by atoms with Gasteiger partial charge in [-0.3, -0.25) is 4.98 Å². The summed E-state index contributed by atoms with van der Waals surface area (Å²) in [6.07, 6.45) is 2.57. The first kappa shape index (κ1) is 23.3. The second-order valence-electron chi connectivity index (χ2n) is 10.5. The Labute approximate surface area is 202 Å². The first-order chi connectivity index (χ1) is 16.1. The summed E-state index contributed by atoms with van der Waals surface area (Å²) in [7, 11) is 0. The molecule has 3 heterocycles. The number of hydrogen-bond acceptors (Lipinski definition) is 10. The maximum Gasteiger partial charge on any atom is 0.225 e. The minimum atomic E-state index is -1.01. The second-order valence-corrected chi connectivity index (χ2v) is 11.5. The van der Waals surface area contributed by atoms with Gasteiger partial charge in [0.15, 0.2) is 0 Å². The third-order valence-corrected chi connectivity index (χ3v) is 7.49.